The summed E-state index contributed by atoms with van der Waals surface area (Å²) in [4.78, 5) is 23.3. The summed E-state index contributed by atoms with van der Waals surface area (Å²) in [5, 5.41) is 6.51. The second-order valence-electron chi connectivity index (χ2n) is 5.50. The quantitative estimate of drug-likeness (QED) is 0.649. The molecule has 0 heterocycles. The van der Waals surface area contributed by atoms with Gasteiger partial charge in [-0.05, 0) is 36.4 Å². The van der Waals surface area contributed by atoms with Gasteiger partial charge in [0.15, 0.2) is 6.61 Å². The molecule has 1 amide bonds. The zero-order valence-electron chi connectivity index (χ0n) is 14.1. The number of sulfonamides is 1. The Kier molecular flexibility index (Phi) is 6.78. The summed E-state index contributed by atoms with van der Waals surface area (Å²) in [6, 6.07) is 5.77. The molecule has 2 aromatic rings. The number of nitrogens with two attached hydrogens (primary N) is 1. The van der Waals surface area contributed by atoms with E-state index in [1.807, 2.05) is 5.32 Å². The highest BCUT2D eigenvalue weighted by Crippen LogP contribution is 2.36. The predicted molar refractivity (Wildman–Crippen MR) is 98.2 cm³/mol. The van der Waals surface area contributed by atoms with E-state index in [4.69, 9.17) is 28.3 Å². The van der Waals surface area contributed by atoms with Crippen molar-refractivity contribution in [1.82, 2.24) is 0 Å². The fourth-order valence-electron chi connectivity index (χ4n) is 2.11. The SMILES string of the molecule is NS(=O)(=O)c1cc(C(=O)OCC(=O)Nc2ccc(Cl)cc2C(F)(F)F)ccc1Cl. The fourth-order valence-corrected chi connectivity index (χ4v) is 3.35. The van der Waals surface area contributed by atoms with Gasteiger partial charge < -0.3 is 10.1 Å². The molecule has 3 N–H and O–H groups in total. The van der Waals surface area contributed by atoms with Crippen LogP contribution >= 0.6 is 23.2 Å². The van der Waals surface area contributed by atoms with E-state index in [2.05, 4.69) is 4.74 Å². The minimum absolute atomic E-state index is 0.185. The van der Waals surface area contributed by atoms with E-state index in [0.29, 0.717) is 6.07 Å². The topological polar surface area (TPSA) is 116 Å². The van der Waals surface area contributed by atoms with Crippen molar-refractivity contribution >= 4 is 50.8 Å². The van der Waals surface area contributed by atoms with Crippen LogP contribution in [0.5, 0.6) is 0 Å². The minimum atomic E-state index is -4.78. The van der Waals surface area contributed by atoms with Crippen LogP contribution in [0.1, 0.15) is 15.9 Å². The van der Waals surface area contributed by atoms with Crippen molar-refractivity contribution in [2.75, 3.05) is 11.9 Å². The molecule has 0 aliphatic rings. The Labute approximate surface area is 172 Å². The molecule has 0 fully saturated rings. The van der Waals surface area contributed by atoms with Gasteiger partial charge in [-0.1, -0.05) is 23.2 Å². The van der Waals surface area contributed by atoms with Gasteiger partial charge in [0.1, 0.15) is 4.90 Å². The third-order valence-corrected chi connectivity index (χ3v) is 5.00. The average Bonchev–Trinajstić information content (AvgIpc) is 2.59. The van der Waals surface area contributed by atoms with Gasteiger partial charge in [-0.25, -0.2) is 18.4 Å². The molecule has 0 aliphatic heterocycles. The van der Waals surface area contributed by atoms with Crippen LogP contribution in [-0.2, 0) is 25.7 Å². The Morgan fingerprint density at radius 2 is 1.76 bits per heavy atom. The molecule has 2 rings (SSSR count). The Morgan fingerprint density at radius 3 is 2.34 bits per heavy atom. The van der Waals surface area contributed by atoms with Crippen molar-refractivity contribution in [3.8, 4) is 0 Å². The molecule has 0 radical (unpaired) electrons. The van der Waals surface area contributed by atoms with Crippen LogP contribution in [0.3, 0.4) is 0 Å². The molecule has 0 bridgehead atoms. The molecule has 0 atom stereocenters. The lowest BCUT2D eigenvalue weighted by Gasteiger charge is -2.14. The van der Waals surface area contributed by atoms with Crippen LogP contribution in [-0.4, -0.2) is 26.9 Å². The smallest absolute Gasteiger partial charge is 0.418 e. The van der Waals surface area contributed by atoms with Crippen molar-refractivity contribution in [2.24, 2.45) is 5.14 Å². The summed E-state index contributed by atoms with van der Waals surface area (Å²) < 4.78 is 66.5. The third-order valence-electron chi connectivity index (χ3n) is 3.37. The largest absolute Gasteiger partial charge is 0.452 e. The first kappa shape index (κ1) is 22.9. The third kappa shape index (κ3) is 6.07. The lowest BCUT2D eigenvalue weighted by molar-refractivity contribution is -0.137. The van der Waals surface area contributed by atoms with Gasteiger partial charge in [0.25, 0.3) is 5.91 Å². The number of carbonyl (C=O) groups excluding carboxylic acids is 2. The maximum atomic E-state index is 13.0. The number of primary sulfonamides is 1. The van der Waals surface area contributed by atoms with Crippen molar-refractivity contribution in [1.29, 1.82) is 0 Å². The van der Waals surface area contributed by atoms with Crippen molar-refractivity contribution in [3.05, 3.63) is 57.6 Å². The van der Waals surface area contributed by atoms with E-state index in [1.54, 1.807) is 0 Å². The lowest BCUT2D eigenvalue weighted by Crippen LogP contribution is -2.23. The highest BCUT2D eigenvalue weighted by Gasteiger charge is 2.34. The summed E-state index contributed by atoms with van der Waals surface area (Å²) in [7, 11) is -4.22. The molecular formula is C16H11Cl2F3N2O5S. The lowest BCUT2D eigenvalue weighted by atomic mass is 10.1. The first-order valence-corrected chi connectivity index (χ1v) is 9.75. The van der Waals surface area contributed by atoms with Gasteiger partial charge in [-0.15, -0.1) is 0 Å². The maximum absolute atomic E-state index is 13.0. The van der Waals surface area contributed by atoms with E-state index in [0.717, 1.165) is 30.3 Å². The highest BCUT2D eigenvalue weighted by atomic mass is 35.5. The van der Waals surface area contributed by atoms with Crippen LogP contribution in [0.15, 0.2) is 41.3 Å². The van der Waals surface area contributed by atoms with Crippen LogP contribution in [0, 0.1) is 0 Å². The number of alkyl halides is 3. The summed E-state index contributed by atoms with van der Waals surface area (Å²) in [6.07, 6.45) is -4.78. The van der Waals surface area contributed by atoms with Gasteiger partial charge >= 0.3 is 12.1 Å². The highest BCUT2D eigenvalue weighted by molar-refractivity contribution is 7.89. The van der Waals surface area contributed by atoms with Gasteiger partial charge in [0.2, 0.25) is 10.0 Å². The molecule has 0 unspecified atom stereocenters. The van der Waals surface area contributed by atoms with Crippen molar-refractivity contribution in [2.45, 2.75) is 11.1 Å². The number of carbonyl (C=O) groups is 2. The number of anilines is 1. The molecule has 2 aromatic carbocycles. The average molecular weight is 471 g/mol. The van der Waals surface area contributed by atoms with Crippen LogP contribution in [0.4, 0.5) is 18.9 Å². The summed E-state index contributed by atoms with van der Waals surface area (Å²) >= 11 is 11.2. The zero-order chi connectivity index (χ0) is 22.0. The van der Waals surface area contributed by atoms with Gasteiger partial charge in [-0.3, -0.25) is 4.79 Å². The standard InChI is InChI=1S/C16H11Cl2F3N2O5S/c17-9-2-4-12(10(6-9)16(19,20)21)23-14(24)7-28-15(25)8-1-3-11(18)13(5-8)29(22,26)27/h1-6H,7H2,(H,23,24)(H2,22,26,27). The Morgan fingerprint density at radius 1 is 1.10 bits per heavy atom. The fraction of sp³-hybridized carbons (Fsp3) is 0.125. The number of ether oxygens (including phenoxy) is 1. The molecule has 0 aliphatic carbocycles. The monoisotopic (exact) mass is 470 g/mol. The number of benzene rings is 2. The molecule has 13 heteroatoms. The summed E-state index contributed by atoms with van der Waals surface area (Å²) in [6.45, 7) is -0.938. The zero-order valence-corrected chi connectivity index (χ0v) is 16.4. The molecule has 0 saturated heterocycles. The molecule has 0 aromatic heterocycles. The first-order valence-electron chi connectivity index (χ1n) is 7.45. The number of esters is 1. The van der Waals surface area contributed by atoms with Gasteiger partial charge in [-0.2, -0.15) is 13.2 Å². The van der Waals surface area contributed by atoms with Crippen LogP contribution in [0.2, 0.25) is 10.0 Å². The Bertz CT molecular complexity index is 1070. The first-order chi connectivity index (χ1) is 13.3. The van der Waals surface area contributed by atoms with E-state index in [1.165, 1.54) is 0 Å². The van der Waals surface area contributed by atoms with Crippen molar-refractivity contribution in [3.63, 3.8) is 0 Å². The molecule has 0 saturated carbocycles. The van der Waals surface area contributed by atoms with Crippen LogP contribution < -0.4 is 10.5 Å². The molecular weight excluding hydrogens is 460 g/mol. The molecule has 0 spiro atoms. The Hall–Kier alpha value is -2.34. The molecule has 156 valence electrons. The second kappa shape index (κ2) is 8.57. The summed E-state index contributed by atoms with van der Waals surface area (Å²) in [5.41, 5.74) is -2.04. The van der Waals surface area contributed by atoms with Gasteiger partial charge in [0, 0.05) is 5.02 Å². The minimum Gasteiger partial charge on any atom is -0.452 e. The van der Waals surface area contributed by atoms with Crippen molar-refractivity contribution < 1.29 is 35.9 Å². The van der Waals surface area contributed by atoms with E-state index < -0.39 is 50.8 Å². The number of hydrogen-bond acceptors (Lipinski definition) is 5. The van der Waals surface area contributed by atoms with E-state index in [-0.39, 0.29) is 15.6 Å². The van der Waals surface area contributed by atoms with Crippen LogP contribution in [0.25, 0.3) is 0 Å². The number of amides is 1. The number of nitrogens with one attached hydrogen (secondary N) is 1. The molecule has 29 heavy (non-hydrogen) atoms. The van der Waals surface area contributed by atoms with E-state index >= 15 is 0 Å². The predicted octanol–water partition coefficient (Wildman–Crippen LogP) is 3.46. The molecule has 7 nitrogen and oxygen atoms in total. The number of hydrogen-bond donors (Lipinski definition) is 2. The number of halogens is 5. The maximum Gasteiger partial charge on any atom is 0.418 e. The normalized spacial score (nSPS) is 11.8. The Balaban J connectivity index is 2.10. The van der Waals surface area contributed by atoms with Gasteiger partial charge in [0.05, 0.1) is 21.8 Å². The summed E-state index contributed by atoms with van der Waals surface area (Å²) in [5.74, 6) is -2.18. The van der Waals surface area contributed by atoms with E-state index in [9.17, 15) is 31.2 Å². The number of rotatable bonds is 5. The second-order valence-corrected chi connectivity index (χ2v) is 7.88.